The van der Waals surface area contributed by atoms with E-state index in [-0.39, 0.29) is 5.91 Å². The molecule has 0 aromatic heterocycles. The SMILES string of the molecule is CCCCCCCCCCCCCCCCCC(=O)NC(C)CCCCCCCCCCCCCCCC. The fourth-order valence-electron chi connectivity index (χ4n) is 5.72. The molecule has 38 heavy (non-hydrogen) atoms. The first-order valence-corrected chi connectivity index (χ1v) is 18.0. The summed E-state index contributed by atoms with van der Waals surface area (Å²) in [4.78, 5) is 12.2. The summed E-state index contributed by atoms with van der Waals surface area (Å²) >= 11 is 0. The molecule has 0 rings (SSSR count). The van der Waals surface area contributed by atoms with Gasteiger partial charge in [0.1, 0.15) is 0 Å². The fraction of sp³-hybridized carbons (Fsp3) is 0.972. The molecule has 0 aliphatic heterocycles. The fourth-order valence-corrected chi connectivity index (χ4v) is 5.72. The Kier molecular flexibility index (Phi) is 32.2. The second-order valence-corrected chi connectivity index (χ2v) is 12.6. The number of hydrogen-bond donors (Lipinski definition) is 1. The van der Waals surface area contributed by atoms with Gasteiger partial charge in [-0.25, -0.2) is 0 Å². The van der Waals surface area contributed by atoms with Crippen molar-refractivity contribution in [2.75, 3.05) is 0 Å². The molecule has 1 unspecified atom stereocenters. The molecule has 0 aliphatic carbocycles. The number of nitrogens with one attached hydrogen (secondary N) is 1. The van der Waals surface area contributed by atoms with Gasteiger partial charge in [-0.05, 0) is 19.8 Å². The van der Waals surface area contributed by atoms with E-state index in [1.807, 2.05) is 0 Å². The van der Waals surface area contributed by atoms with E-state index in [4.69, 9.17) is 0 Å². The average Bonchev–Trinajstić information content (AvgIpc) is 2.91. The summed E-state index contributed by atoms with van der Waals surface area (Å²) < 4.78 is 0. The molecule has 1 amide bonds. The van der Waals surface area contributed by atoms with Gasteiger partial charge < -0.3 is 5.32 Å². The first-order chi connectivity index (χ1) is 18.7. The van der Waals surface area contributed by atoms with Gasteiger partial charge in [-0.2, -0.15) is 0 Å². The van der Waals surface area contributed by atoms with Gasteiger partial charge in [0.2, 0.25) is 5.91 Å². The lowest BCUT2D eigenvalue weighted by Crippen LogP contribution is -2.32. The molecule has 2 nitrogen and oxygen atoms in total. The quantitative estimate of drug-likeness (QED) is 0.0852. The van der Waals surface area contributed by atoms with E-state index >= 15 is 0 Å². The molecule has 0 aromatic rings. The minimum atomic E-state index is 0.276. The van der Waals surface area contributed by atoms with Crippen LogP contribution in [0.2, 0.25) is 0 Å². The highest BCUT2D eigenvalue weighted by atomic mass is 16.1. The highest BCUT2D eigenvalue weighted by molar-refractivity contribution is 5.76. The topological polar surface area (TPSA) is 29.1 Å². The van der Waals surface area contributed by atoms with Crippen LogP contribution in [0, 0.1) is 0 Å². The highest BCUT2D eigenvalue weighted by Crippen LogP contribution is 2.15. The maximum absolute atomic E-state index is 12.2. The zero-order valence-corrected chi connectivity index (χ0v) is 26.9. The molecule has 0 aromatic carbocycles. The van der Waals surface area contributed by atoms with Crippen molar-refractivity contribution in [3.8, 4) is 0 Å². The Morgan fingerprint density at radius 3 is 1.00 bits per heavy atom. The van der Waals surface area contributed by atoms with Crippen LogP contribution >= 0.6 is 0 Å². The van der Waals surface area contributed by atoms with E-state index in [1.165, 1.54) is 180 Å². The number of amides is 1. The predicted molar refractivity (Wildman–Crippen MR) is 172 cm³/mol. The number of rotatable bonds is 32. The first kappa shape index (κ1) is 37.5. The normalized spacial score (nSPS) is 12.2. The second kappa shape index (κ2) is 32.7. The molecule has 0 bridgehead atoms. The van der Waals surface area contributed by atoms with Crippen LogP contribution in [0.1, 0.15) is 220 Å². The largest absolute Gasteiger partial charge is 0.354 e. The minimum Gasteiger partial charge on any atom is -0.354 e. The summed E-state index contributed by atoms with van der Waals surface area (Å²) in [6, 6.07) is 0.344. The molecule has 0 aliphatic rings. The van der Waals surface area contributed by atoms with E-state index in [0.717, 1.165) is 19.3 Å². The van der Waals surface area contributed by atoms with Crippen LogP contribution in [0.3, 0.4) is 0 Å². The van der Waals surface area contributed by atoms with Gasteiger partial charge in [0.15, 0.2) is 0 Å². The zero-order valence-electron chi connectivity index (χ0n) is 26.9. The molecular weight excluding hydrogens is 462 g/mol. The smallest absolute Gasteiger partial charge is 0.220 e. The van der Waals surface area contributed by atoms with Gasteiger partial charge in [-0.15, -0.1) is 0 Å². The van der Waals surface area contributed by atoms with Crippen molar-refractivity contribution in [1.82, 2.24) is 5.32 Å². The maximum Gasteiger partial charge on any atom is 0.220 e. The molecular formula is C36H73NO. The molecule has 2 heteroatoms. The van der Waals surface area contributed by atoms with E-state index in [1.54, 1.807) is 0 Å². The van der Waals surface area contributed by atoms with E-state index in [9.17, 15) is 4.79 Å². The third-order valence-electron chi connectivity index (χ3n) is 8.41. The number of carbonyl (C=O) groups is 1. The lowest BCUT2D eigenvalue weighted by molar-refractivity contribution is -0.121. The summed E-state index contributed by atoms with van der Waals surface area (Å²) in [6.45, 7) is 6.77. The van der Waals surface area contributed by atoms with Crippen LogP contribution in [-0.2, 0) is 4.79 Å². The highest BCUT2D eigenvalue weighted by Gasteiger charge is 2.07. The van der Waals surface area contributed by atoms with Gasteiger partial charge in [-0.3, -0.25) is 4.79 Å². The Bertz CT molecular complexity index is 449. The Balaban J connectivity index is 3.27. The lowest BCUT2D eigenvalue weighted by Gasteiger charge is -2.13. The number of unbranched alkanes of at least 4 members (excludes halogenated alkanes) is 27. The Labute approximate surface area is 241 Å². The van der Waals surface area contributed by atoms with E-state index < -0.39 is 0 Å². The molecule has 0 radical (unpaired) electrons. The van der Waals surface area contributed by atoms with Crippen molar-refractivity contribution < 1.29 is 4.79 Å². The molecule has 0 heterocycles. The summed E-state index contributed by atoms with van der Waals surface area (Å²) in [6.07, 6.45) is 42.1. The maximum atomic E-state index is 12.2. The van der Waals surface area contributed by atoms with Gasteiger partial charge in [-0.1, -0.05) is 194 Å². The van der Waals surface area contributed by atoms with Crippen molar-refractivity contribution in [2.45, 2.75) is 226 Å². The number of carbonyl (C=O) groups excluding carboxylic acids is 1. The van der Waals surface area contributed by atoms with Crippen LogP contribution in [-0.4, -0.2) is 11.9 Å². The standard InChI is InChI=1S/C36H73NO/c1-4-6-8-10-12-14-16-18-20-22-24-26-28-30-32-34-36(38)37-35(3)33-31-29-27-25-23-21-19-17-15-13-11-9-7-5-2/h35H,4-34H2,1-3H3,(H,37,38). The zero-order chi connectivity index (χ0) is 27.8. The average molecular weight is 536 g/mol. The van der Waals surface area contributed by atoms with Crippen LogP contribution in [0.5, 0.6) is 0 Å². The van der Waals surface area contributed by atoms with Crippen LogP contribution in [0.15, 0.2) is 0 Å². The van der Waals surface area contributed by atoms with Crippen LogP contribution < -0.4 is 5.32 Å². The first-order valence-electron chi connectivity index (χ1n) is 18.0. The molecule has 0 fully saturated rings. The lowest BCUT2D eigenvalue weighted by atomic mass is 10.0. The Hall–Kier alpha value is -0.530. The van der Waals surface area contributed by atoms with Crippen LogP contribution in [0.4, 0.5) is 0 Å². The number of hydrogen-bond acceptors (Lipinski definition) is 1. The monoisotopic (exact) mass is 536 g/mol. The summed E-state index contributed by atoms with van der Waals surface area (Å²) in [5.41, 5.74) is 0. The summed E-state index contributed by atoms with van der Waals surface area (Å²) in [5, 5.41) is 3.24. The van der Waals surface area contributed by atoms with Crippen LogP contribution in [0.25, 0.3) is 0 Å². The molecule has 0 spiro atoms. The van der Waals surface area contributed by atoms with Gasteiger partial charge >= 0.3 is 0 Å². The third kappa shape index (κ3) is 31.7. The summed E-state index contributed by atoms with van der Waals surface area (Å²) in [5.74, 6) is 0.276. The van der Waals surface area contributed by atoms with Crippen molar-refractivity contribution in [2.24, 2.45) is 0 Å². The van der Waals surface area contributed by atoms with Gasteiger partial charge in [0.25, 0.3) is 0 Å². The molecule has 0 saturated carbocycles. The van der Waals surface area contributed by atoms with Crippen molar-refractivity contribution >= 4 is 5.91 Å². The minimum absolute atomic E-state index is 0.276. The molecule has 228 valence electrons. The third-order valence-corrected chi connectivity index (χ3v) is 8.41. The predicted octanol–water partition coefficient (Wildman–Crippen LogP) is 12.6. The van der Waals surface area contributed by atoms with E-state index in [2.05, 4.69) is 26.1 Å². The van der Waals surface area contributed by atoms with Gasteiger partial charge in [0.05, 0.1) is 0 Å². The molecule has 1 N–H and O–H groups in total. The van der Waals surface area contributed by atoms with Crippen molar-refractivity contribution in [1.29, 1.82) is 0 Å². The molecule has 0 saturated heterocycles. The molecule has 1 atom stereocenters. The van der Waals surface area contributed by atoms with E-state index in [0.29, 0.717) is 6.04 Å². The Morgan fingerprint density at radius 2 is 0.684 bits per heavy atom. The van der Waals surface area contributed by atoms with Crippen molar-refractivity contribution in [3.05, 3.63) is 0 Å². The van der Waals surface area contributed by atoms with Gasteiger partial charge in [0, 0.05) is 12.5 Å². The summed E-state index contributed by atoms with van der Waals surface area (Å²) in [7, 11) is 0. The Morgan fingerprint density at radius 1 is 0.421 bits per heavy atom. The second-order valence-electron chi connectivity index (χ2n) is 12.6. The van der Waals surface area contributed by atoms with Crippen molar-refractivity contribution in [3.63, 3.8) is 0 Å².